The van der Waals surface area contributed by atoms with Crippen LogP contribution in [0.2, 0.25) is 0 Å². The fourth-order valence-corrected chi connectivity index (χ4v) is 2.15. The molecule has 0 aliphatic heterocycles. The van der Waals surface area contributed by atoms with E-state index in [0.717, 1.165) is 15.8 Å². The molecule has 7 heteroatoms. The van der Waals surface area contributed by atoms with Crippen LogP contribution in [0.25, 0.3) is 10.9 Å². The number of aromatic amines is 1. The van der Waals surface area contributed by atoms with Gasteiger partial charge in [0.25, 0.3) is 0 Å². The molecule has 2 rings (SSSR count). The van der Waals surface area contributed by atoms with Gasteiger partial charge >= 0.3 is 6.18 Å². The number of rotatable bonds is 6. The van der Waals surface area contributed by atoms with E-state index in [4.69, 9.17) is 4.74 Å². The van der Waals surface area contributed by atoms with E-state index in [1.165, 1.54) is 7.05 Å². The Balaban J connectivity index is 1.86. The lowest BCUT2D eigenvalue weighted by Crippen LogP contribution is -2.38. The summed E-state index contributed by atoms with van der Waals surface area (Å²) in [5.41, 5.74) is 0.899. The monoisotopic (exact) mass is 302 g/mol. The second kappa shape index (κ2) is 6.36. The van der Waals surface area contributed by atoms with Crippen LogP contribution in [0.4, 0.5) is 13.2 Å². The molecule has 0 aliphatic rings. The predicted octanol–water partition coefficient (Wildman–Crippen LogP) is 2.40. The topological polar surface area (TPSA) is 48.5 Å². The van der Waals surface area contributed by atoms with Gasteiger partial charge in [-0.2, -0.15) is 13.2 Å². The van der Waals surface area contributed by atoms with E-state index in [1.807, 2.05) is 12.1 Å². The number of likely N-dealkylation sites (N-methyl/N-ethyl adjacent to an activating group) is 1. The maximum atomic E-state index is 12.2. The van der Waals surface area contributed by atoms with Crippen molar-refractivity contribution in [1.29, 1.82) is 0 Å². The van der Waals surface area contributed by atoms with Crippen molar-refractivity contribution in [3.8, 4) is 5.75 Å². The van der Waals surface area contributed by atoms with Crippen LogP contribution in [0.15, 0.2) is 30.5 Å². The summed E-state index contributed by atoms with van der Waals surface area (Å²) in [6.45, 7) is -1.23. The molecule has 116 valence electrons. The van der Waals surface area contributed by atoms with Gasteiger partial charge in [-0.3, -0.25) is 4.90 Å². The first-order valence-electron chi connectivity index (χ1n) is 6.47. The van der Waals surface area contributed by atoms with E-state index < -0.39 is 18.8 Å². The van der Waals surface area contributed by atoms with Crippen molar-refractivity contribution in [2.45, 2.75) is 12.3 Å². The number of H-pyrrole nitrogens is 1. The maximum absolute atomic E-state index is 12.2. The third-order valence-electron chi connectivity index (χ3n) is 2.96. The summed E-state index contributed by atoms with van der Waals surface area (Å²) < 4.78 is 42.1. The Morgan fingerprint density at radius 2 is 2.10 bits per heavy atom. The molecule has 0 saturated heterocycles. The third-order valence-corrected chi connectivity index (χ3v) is 2.96. The highest BCUT2D eigenvalue weighted by molar-refractivity contribution is 5.85. The fraction of sp³-hybridized carbons (Fsp3) is 0.429. The summed E-state index contributed by atoms with van der Waals surface area (Å²) in [6.07, 6.45) is -3.50. The SMILES string of the molecule is CN(CC(O)COc1cccc2[nH]ccc12)CC(F)(F)F. The Morgan fingerprint density at radius 3 is 2.81 bits per heavy atom. The van der Waals surface area contributed by atoms with Gasteiger partial charge in [0.15, 0.2) is 0 Å². The number of nitrogens with one attached hydrogen (secondary N) is 1. The lowest BCUT2D eigenvalue weighted by Gasteiger charge is -2.21. The van der Waals surface area contributed by atoms with Crippen LogP contribution in [0.5, 0.6) is 5.75 Å². The second-order valence-corrected chi connectivity index (χ2v) is 4.97. The minimum Gasteiger partial charge on any atom is -0.490 e. The molecule has 0 bridgehead atoms. The molecule has 0 fully saturated rings. The second-order valence-electron chi connectivity index (χ2n) is 4.97. The Labute approximate surface area is 120 Å². The van der Waals surface area contributed by atoms with Gasteiger partial charge in [-0.15, -0.1) is 0 Å². The average Bonchev–Trinajstić information content (AvgIpc) is 2.82. The van der Waals surface area contributed by atoms with Gasteiger partial charge in [0, 0.05) is 23.6 Å². The van der Waals surface area contributed by atoms with Gasteiger partial charge in [-0.1, -0.05) is 6.07 Å². The number of aromatic nitrogens is 1. The van der Waals surface area contributed by atoms with Gasteiger partial charge in [-0.25, -0.2) is 0 Å². The van der Waals surface area contributed by atoms with Crippen LogP contribution >= 0.6 is 0 Å². The molecular weight excluding hydrogens is 285 g/mol. The molecule has 2 aromatic rings. The summed E-state index contributed by atoms with van der Waals surface area (Å²) in [6, 6.07) is 7.28. The molecule has 1 heterocycles. The normalized spacial score (nSPS) is 13.8. The number of aliphatic hydroxyl groups excluding tert-OH is 1. The zero-order valence-electron chi connectivity index (χ0n) is 11.5. The number of nitrogens with zero attached hydrogens (tertiary/aromatic N) is 1. The van der Waals surface area contributed by atoms with E-state index in [0.29, 0.717) is 5.75 Å². The van der Waals surface area contributed by atoms with Crippen LogP contribution in [-0.4, -0.2) is 54.0 Å². The first-order chi connectivity index (χ1) is 9.85. The average molecular weight is 302 g/mol. The molecule has 1 aromatic carbocycles. The highest BCUT2D eigenvalue weighted by Crippen LogP contribution is 2.24. The van der Waals surface area contributed by atoms with Crippen LogP contribution in [0.3, 0.4) is 0 Å². The minimum absolute atomic E-state index is 0.0630. The molecular formula is C14H17F3N2O2. The molecule has 0 saturated carbocycles. The quantitative estimate of drug-likeness (QED) is 0.861. The van der Waals surface area contributed by atoms with Crippen molar-refractivity contribution in [2.75, 3.05) is 26.7 Å². The predicted molar refractivity (Wildman–Crippen MR) is 73.4 cm³/mol. The summed E-state index contributed by atoms with van der Waals surface area (Å²) in [7, 11) is 1.31. The fourth-order valence-electron chi connectivity index (χ4n) is 2.15. The molecule has 0 amide bonds. The van der Waals surface area contributed by atoms with Crippen molar-refractivity contribution < 1.29 is 23.0 Å². The number of fused-ring (bicyclic) bond motifs is 1. The Hall–Kier alpha value is -1.73. The number of hydrogen-bond acceptors (Lipinski definition) is 3. The molecule has 0 radical (unpaired) electrons. The zero-order valence-corrected chi connectivity index (χ0v) is 11.5. The van der Waals surface area contributed by atoms with Crippen LogP contribution < -0.4 is 4.74 Å². The summed E-state index contributed by atoms with van der Waals surface area (Å²) in [5.74, 6) is 0.589. The number of ether oxygens (including phenoxy) is 1. The molecule has 21 heavy (non-hydrogen) atoms. The first kappa shape index (κ1) is 15.7. The highest BCUT2D eigenvalue weighted by atomic mass is 19.4. The van der Waals surface area contributed by atoms with Crippen LogP contribution in [-0.2, 0) is 0 Å². The van der Waals surface area contributed by atoms with Gasteiger partial charge in [0.1, 0.15) is 18.5 Å². The minimum atomic E-state index is -4.27. The van der Waals surface area contributed by atoms with Gasteiger partial charge in [0.2, 0.25) is 0 Å². The smallest absolute Gasteiger partial charge is 0.401 e. The third kappa shape index (κ3) is 4.64. The van der Waals surface area contributed by atoms with Crippen molar-refractivity contribution in [2.24, 2.45) is 0 Å². The van der Waals surface area contributed by atoms with Crippen molar-refractivity contribution in [3.63, 3.8) is 0 Å². The van der Waals surface area contributed by atoms with E-state index in [1.54, 1.807) is 18.3 Å². The molecule has 0 aliphatic carbocycles. The van der Waals surface area contributed by atoms with E-state index in [-0.39, 0.29) is 13.2 Å². The lowest BCUT2D eigenvalue weighted by molar-refractivity contribution is -0.145. The van der Waals surface area contributed by atoms with E-state index in [2.05, 4.69) is 4.98 Å². The number of benzene rings is 1. The van der Waals surface area contributed by atoms with Crippen molar-refractivity contribution in [3.05, 3.63) is 30.5 Å². The largest absolute Gasteiger partial charge is 0.490 e. The van der Waals surface area contributed by atoms with Crippen LogP contribution in [0.1, 0.15) is 0 Å². The molecule has 2 N–H and O–H groups in total. The number of halogens is 3. The number of aliphatic hydroxyl groups is 1. The zero-order chi connectivity index (χ0) is 15.5. The lowest BCUT2D eigenvalue weighted by atomic mass is 10.2. The molecule has 4 nitrogen and oxygen atoms in total. The van der Waals surface area contributed by atoms with Gasteiger partial charge in [-0.05, 0) is 25.2 Å². The molecule has 1 atom stereocenters. The first-order valence-corrected chi connectivity index (χ1v) is 6.47. The van der Waals surface area contributed by atoms with Crippen molar-refractivity contribution in [1.82, 2.24) is 9.88 Å². The summed E-state index contributed by atoms with van der Waals surface area (Å²) in [4.78, 5) is 4.05. The van der Waals surface area contributed by atoms with Crippen molar-refractivity contribution >= 4 is 10.9 Å². The van der Waals surface area contributed by atoms with E-state index in [9.17, 15) is 18.3 Å². The standard InChI is InChI=1S/C14H17F3N2O2/c1-19(9-14(15,16)17)7-10(20)8-21-13-4-2-3-12-11(13)5-6-18-12/h2-6,10,18,20H,7-9H2,1H3. The Bertz CT molecular complexity index is 583. The molecule has 1 unspecified atom stereocenters. The Morgan fingerprint density at radius 1 is 1.33 bits per heavy atom. The summed E-state index contributed by atoms with van der Waals surface area (Å²) >= 11 is 0. The highest BCUT2D eigenvalue weighted by Gasteiger charge is 2.29. The van der Waals surface area contributed by atoms with E-state index >= 15 is 0 Å². The Kier molecular flexibility index (Phi) is 4.74. The van der Waals surface area contributed by atoms with Crippen LogP contribution in [0, 0.1) is 0 Å². The van der Waals surface area contributed by atoms with Gasteiger partial charge < -0.3 is 14.8 Å². The molecule has 0 spiro atoms. The maximum Gasteiger partial charge on any atom is 0.401 e. The number of hydrogen-bond donors (Lipinski definition) is 2. The molecule has 1 aromatic heterocycles. The summed E-state index contributed by atoms with van der Waals surface area (Å²) in [5, 5.41) is 10.6. The van der Waals surface area contributed by atoms with Gasteiger partial charge in [0.05, 0.1) is 6.54 Å². The number of alkyl halides is 3.